The number of hydrogen-bond acceptors (Lipinski definition) is 4. The van der Waals surface area contributed by atoms with Gasteiger partial charge in [-0.2, -0.15) is 11.8 Å². The fraction of sp³-hybridized carbons (Fsp3) is 0.632. The number of benzene rings is 1. The molecule has 4 nitrogen and oxygen atoms in total. The van der Waals surface area contributed by atoms with Crippen LogP contribution >= 0.6 is 11.8 Å². The molecule has 24 heavy (non-hydrogen) atoms. The first-order chi connectivity index (χ1) is 11.7. The Morgan fingerprint density at radius 3 is 2.50 bits per heavy atom. The van der Waals surface area contributed by atoms with E-state index < -0.39 is 6.10 Å². The number of carbonyl (C=O) groups excluding carboxylic acids is 1. The van der Waals surface area contributed by atoms with Crippen molar-refractivity contribution < 1.29 is 14.3 Å². The fourth-order valence-electron chi connectivity index (χ4n) is 2.89. The maximum absolute atomic E-state index is 12.3. The van der Waals surface area contributed by atoms with E-state index in [-0.39, 0.29) is 5.91 Å². The first kappa shape index (κ1) is 19.0. The van der Waals surface area contributed by atoms with E-state index in [0.717, 1.165) is 16.8 Å². The van der Waals surface area contributed by atoms with Crippen LogP contribution in [0.5, 0.6) is 11.5 Å². The molecule has 0 saturated heterocycles. The molecule has 5 heteroatoms. The number of ether oxygens (including phenoxy) is 2. The molecule has 1 fully saturated rings. The highest BCUT2D eigenvalue weighted by Crippen LogP contribution is 2.27. The Morgan fingerprint density at radius 2 is 1.88 bits per heavy atom. The minimum Gasteiger partial charge on any atom is -0.497 e. The van der Waals surface area contributed by atoms with Crippen molar-refractivity contribution in [3.8, 4) is 11.5 Å². The van der Waals surface area contributed by atoms with Gasteiger partial charge in [0, 0.05) is 17.5 Å². The molecule has 1 saturated carbocycles. The van der Waals surface area contributed by atoms with Crippen molar-refractivity contribution in [3.05, 3.63) is 24.3 Å². The zero-order valence-corrected chi connectivity index (χ0v) is 15.6. The van der Waals surface area contributed by atoms with Crippen LogP contribution in [0.2, 0.25) is 0 Å². The number of carbonyl (C=O) groups is 1. The molecule has 1 amide bonds. The van der Waals surface area contributed by atoms with Gasteiger partial charge in [0.1, 0.15) is 11.5 Å². The quantitative estimate of drug-likeness (QED) is 0.682. The molecule has 1 aliphatic rings. The summed E-state index contributed by atoms with van der Waals surface area (Å²) in [5.74, 6) is 2.42. The summed E-state index contributed by atoms with van der Waals surface area (Å²) in [5, 5.41) is 3.79. The Bertz CT molecular complexity index is 486. The topological polar surface area (TPSA) is 47.6 Å². The van der Waals surface area contributed by atoms with E-state index >= 15 is 0 Å². The van der Waals surface area contributed by atoms with Gasteiger partial charge in [-0.05, 0) is 43.5 Å². The molecule has 0 aliphatic heterocycles. The predicted molar refractivity (Wildman–Crippen MR) is 100 cm³/mol. The number of rotatable bonds is 9. The van der Waals surface area contributed by atoms with Crippen LogP contribution in [-0.4, -0.2) is 36.7 Å². The molecule has 1 atom stereocenters. The molecular formula is C19H29NO3S. The molecular weight excluding hydrogens is 322 g/mol. The number of thioether (sulfide) groups is 1. The average molecular weight is 352 g/mol. The van der Waals surface area contributed by atoms with Gasteiger partial charge in [-0.25, -0.2) is 0 Å². The normalized spacial score (nSPS) is 16.4. The lowest BCUT2D eigenvalue weighted by Crippen LogP contribution is -2.39. The maximum atomic E-state index is 12.3. The Labute approximate surface area is 149 Å². The van der Waals surface area contributed by atoms with E-state index in [2.05, 4.69) is 5.32 Å². The predicted octanol–water partition coefficient (Wildman–Crippen LogP) is 4.03. The van der Waals surface area contributed by atoms with Gasteiger partial charge in [-0.1, -0.05) is 26.2 Å². The summed E-state index contributed by atoms with van der Waals surface area (Å²) in [6.07, 6.45) is 6.96. The van der Waals surface area contributed by atoms with Gasteiger partial charge in [-0.3, -0.25) is 4.79 Å². The first-order valence-corrected chi connectivity index (χ1v) is 9.97. The molecule has 1 aromatic carbocycles. The lowest BCUT2D eigenvalue weighted by atomic mass is 10.0. The van der Waals surface area contributed by atoms with Crippen LogP contribution in [0.4, 0.5) is 0 Å². The number of nitrogens with one attached hydrogen (secondary N) is 1. The molecule has 1 unspecified atom stereocenters. The molecule has 1 aliphatic carbocycles. The van der Waals surface area contributed by atoms with Crippen LogP contribution in [0.1, 0.15) is 45.4 Å². The number of methoxy groups -OCH3 is 1. The molecule has 0 spiro atoms. The second-order valence-corrected chi connectivity index (χ2v) is 7.52. The molecule has 0 radical (unpaired) electrons. The zero-order valence-electron chi connectivity index (χ0n) is 14.8. The van der Waals surface area contributed by atoms with Crippen molar-refractivity contribution in [2.75, 3.05) is 19.4 Å². The zero-order chi connectivity index (χ0) is 17.2. The third-order valence-electron chi connectivity index (χ3n) is 4.31. The second-order valence-electron chi connectivity index (χ2n) is 6.11. The van der Waals surface area contributed by atoms with Crippen molar-refractivity contribution in [1.29, 1.82) is 0 Å². The smallest absolute Gasteiger partial charge is 0.261 e. The summed E-state index contributed by atoms with van der Waals surface area (Å²) in [5.41, 5.74) is 0. The van der Waals surface area contributed by atoms with Gasteiger partial charge >= 0.3 is 0 Å². The highest BCUT2D eigenvalue weighted by molar-refractivity contribution is 7.99. The minimum absolute atomic E-state index is 0.0300. The van der Waals surface area contributed by atoms with Crippen LogP contribution < -0.4 is 14.8 Å². The van der Waals surface area contributed by atoms with Gasteiger partial charge < -0.3 is 14.8 Å². The SMILES string of the molecule is CCC(Oc1ccc(OC)cc1)C(=O)NCCSC1CCCCC1. The third-order valence-corrected chi connectivity index (χ3v) is 5.69. The summed E-state index contributed by atoms with van der Waals surface area (Å²) < 4.78 is 10.9. The van der Waals surface area contributed by atoms with Gasteiger partial charge in [0.25, 0.3) is 5.91 Å². The highest BCUT2D eigenvalue weighted by atomic mass is 32.2. The van der Waals surface area contributed by atoms with E-state index in [1.807, 2.05) is 43.0 Å². The molecule has 0 bridgehead atoms. The molecule has 1 aromatic rings. The third kappa shape index (κ3) is 6.27. The standard InChI is InChI=1S/C19H29NO3S/c1-3-18(23-16-11-9-15(22-2)10-12-16)19(21)20-13-14-24-17-7-5-4-6-8-17/h9-12,17-18H,3-8,13-14H2,1-2H3,(H,20,21). The van der Waals surface area contributed by atoms with Gasteiger partial charge in [0.15, 0.2) is 6.10 Å². The lowest BCUT2D eigenvalue weighted by Gasteiger charge is -2.21. The Kier molecular flexibility index (Phi) is 8.29. The maximum Gasteiger partial charge on any atom is 0.261 e. The largest absolute Gasteiger partial charge is 0.497 e. The van der Waals surface area contributed by atoms with Crippen LogP contribution in [0, 0.1) is 0 Å². The van der Waals surface area contributed by atoms with Crippen LogP contribution in [0.15, 0.2) is 24.3 Å². The fourth-order valence-corrected chi connectivity index (χ4v) is 4.11. The Hall–Kier alpha value is -1.36. The van der Waals surface area contributed by atoms with Gasteiger partial charge in [-0.15, -0.1) is 0 Å². The number of hydrogen-bond donors (Lipinski definition) is 1. The van der Waals surface area contributed by atoms with E-state index in [0.29, 0.717) is 18.7 Å². The molecule has 1 N–H and O–H groups in total. The van der Waals surface area contributed by atoms with E-state index in [1.165, 1.54) is 32.1 Å². The summed E-state index contributed by atoms with van der Waals surface area (Å²) in [6.45, 7) is 2.67. The van der Waals surface area contributed by atoms with E-state index in [9.17, 15) is 4.79 Å². The highest BCUT2D eigenvalue weighted by Gasteiger charge is 2.18. The number of amides is 1. The van der Waals surface area contributed by atoms with E-state index in [1.54, 1.807) is 7.11 Å². The van der Waals surface area contributed by atoms with Crippen molar-refractivity contribution in [1.82, 2.24) is 5.32 Å². The monoisotopic (exact) mass is 351 g/mol. The summed E-state index contributed by atoms with van der Waals surface area (Å²) in [7, 11) is 1.63. The van der Waals surface area contributed by atoms with Crippen molar-refractivity contribution in [3.63, 3.8) is 0 Å². The molecule has 0 aromatic heterocycles. The average Bonchev–Trinajstić information content (AvgIpc) is 2.64. The molecule has 2 rings (SSSR count). The van der Waals surface area contributed by atoms with Crippen molar-refractivity contribution in [2.24, 2.45) is 0 Å². The molecule has 134 valence electrons. The van der Waals surface area contributed by atoms with Crippen molar-refractivity contribution >= 4 is 17.7 Å². The summed E-state index contributed by atoms with van der Waals surface area (Å²) in [4.78, 5) is 12.3. The lowest BCUT2D eigenvalue weighted by molar-refractivity contribution is -0.127. The Morgan fingerprint density at radius 1 is 1.21 bits per heavy atom. The van der Waals surface area contributed by atoms with Gasteiger partial charge in [0.05, 0.1) is 7.11 Å². The van der Waals surface area contributed by atoms with Crippen LogP contribution in [0.3, 0.4) is 0 Å². The van der Waals surface area contributed by atoms with Crippen LogP contribution in [0.25, 0.3) is 0 Å². The first-order valence-electron chi connectivity index (χ1n) is 8.93. The van der Waals surface area contributed by atoms with E-state index in [4.69, 9.17) is 9.47 Å². The molecule has 0 heterocycles. The minimum atomic E-state index is -0.446. The van der Waals surface area contributed by atoms with Crippen LogP contribution in [-0.2, 0) is 4.79 Å². The summed E-state index contributed by atoms with van der Waals surface area (Å²) in [6, 6.07) is 7.32. The van der Waals surface area contributed by atoms with Gasteiger partial charge in [0.2, 0.25) is 0 Å². The Balaban J connectivity index is 1.69. The second kappa shape index (κ2) is 10.5. The summed E-state index contributed by atoms with van der Waals surface area (Å²) >= 11 is 2.00. The van der Waals surface area contributed by atoms with Crippen molar-refractivity contribution in [2.45, 2.75) is 56.8 Å².